The molecule has 142 valence electrons. The van der Waals surface area contributed by atoms with Crippen molar-refractivity contribution < 1.29 is 14.3 Å². The first-order chi connectivity index (χ1) is 11.5. The van der Waals surface area contributed by atoms with Crippen LogP contribution in [-0.4, -0.2) is 18.9 Å². The molecule has 0 heterocycles. The minimum Gasteiger partial charge on any atom is -0.434 e. The van der Waals surface area contributed by atoms with Gasteiger partial charge in [-0.15, -0.1) is 6.58 Å². The molecule has 0 rings (SSSR count). The van der Waals surface area contributed by atoms with Gasteiger partial charge in [0.1, 0.15) is 6.10 Å². The molecule has 3 nitrogen and oxygen atoms in total. The van der Waals surface area contributed by atoms with E-state index in [9.17, 15) is 4.79 Å². The first kappa shape index (κ1) is 23.0. The Balaban J connectivity index is 3.68. The van der Waals surface area contributed by atoms with Crippen LogP contribution in [0.1, 0.15) is 91.9 Å². The molecule has 2 atom stereocenters. The fourth-order valence-electron chi connectivity index (χ4n) is 3.10. The van der Waals surface area contributed by atoms with Gasteiger partial charge in [-0.25, -0.2) is 4.79 Å². The highest BCUT2D eigenvalue weighted by atomic mass is 16.7. The van der Waals surface area contributed by atoms with Crippen molar-refractivity contribution in [3.63, 3.8) is 0 Å². The van der Waals surface area contributed by atoms with Gasteiger partial charge in [-0.2, -0.15) is 0 Å². The zero-order chi connectivity index (χ0) is 18.2. The molecule has 0 spiro atoms. The molecule has 0 bridgehead atoms. The minimum atomic E-state index is -0.499. The van der Waals surface area contributed by atoms with Crippen molar-refractivity contribution >= 4 is 6.16 Å². The van der Waals surface area contributed by atoms with Crippen LogP contribution in [-0.2, 0) is 9.47 Å². The highest BCUT2D eigenvalue weighted by Gasteiger charge is 2.25. The zero-order valence-electron chi connectivity index (χ0n) is 16.5. The highest BCUT2D eigenvalue weighted by Crippen LogP contribution is 2.21. The molecule has 0 aliphatic carbocycles. The smallest absolute Gasteiger partial charge is 0.434 e. The average Bonchev–Trinajstić information content (AvgIpc) is 2.54. The van der Waals surface area contributed by atoms with Gasteiger partial charge in [0.2, 0.25) is 0 Å². The molecular weight excluding hydrogens is 300 g/mol. The lowest BCUT2D eigenvalue weighted by Gasteiger charge is -2.26. The third-order valence-corrected chi connectivity index (χ3v) is 4.47. The monoisotopic (exact) mass is 340 g/mol. The first-order valence-corrected chi connectivity index (χ1v) is 9.97. The molecule has 3 heteroatoms. The fourth-order valence-corrected chi connectivity index (χ4v) is 3.10. The van der Waals surface area contributed by atoms with Crippen LogP contribution < -0.4 is 0 Å². The van der Waals surface area contributed by atoms with E-state index in [1.807, 2.05) is 6.08 Å². The summed E-state index contributed by atoms with van der Waals surface area (Å²) < 4.78 is 10.8. The largest absolute Gasteiger partial charge is 0.508 e. The predicted octanol–water partition coefficient (Wildman–Crippen LogP) is 6.91. The van der Waals surface area contributed by atoms with Crippen molar-refractivity contribution in [2.45, 2.75) is 98.0 Å². The fraction of sp³-hybridized carbons (Fsp3) is 0.857. The van der Waals surface area contributed by atoms with Gasteiger partial charge < -0.3 is 9.47 Å². The lowest BCUT2D eigenvalue weighted by Crippen LogP contribution is -2.30. The van der Waals surface area contributed by atoms with Gasteiger partial charge in [0.15, 0.2) is 0 Å². The van der Waals surface area contributed by atoms with Crippen LogP contribution >= 0.6 is 0 Å². The highest BCUT2D eigenvalue weighted by molar-refractivity contribution is 5.60. The second-order valence-corrected chi connectivity index (χ2v) is 7.24. The Morgan fingerprint density at radius 2 is 1.58 bits per heavy atom. The average molecular weight is 341 g/mol. The Bertz CT molecular complexity index is 312. The molecular formula is C21H40O3. The third-order valence-electron chi connectivity index (χ3n) is 4.47. The van der Waals surface area contributed by atoms with Crippen LogP contribution in [0.25, 0.3) is 0 Å². The van der Waals surface area contributed by atoms with E-state index in [2.05, 4.69) is 34.3 Å². The number of allylic oxidation sites excluding steroid dienone is 1. The van der Waals surface area contributed by atoms with Crippen LogP contribution in [0.4, 0.5) is 4.79 Å². The van der Waals surface area contributed by atoms with E-state index in [0.717, 1.165) is 32.1 Å². The maximum atomic E-state index is 11.8. The minimum absolute atomic E-state index is 0.0481. The van der Waals surface area contributed by atoms with Crippen molar-refractivity contribution in [3.05, 3.63) is 12.7 Å². The molecule has 0 aromatic rings. The van der Waals surface area contributed by atoms with E-state index in [4.69, 9.17) is 9.47 Å². The first-order valence-electron chi connectivity index (χ1n) is 9.97. The van der Waals surface area contributed by atoms with Gasteiger partial charge in [0, 0.05) is 0 Å². The summed E-state index contributed by atoms with van der Waals surface area (Å²) in [7, 11) is 0. The SMILES string of the molecule is C=CCCCCCCCCCOC(=O)OC(C(C)C)C(C)CCC. The Kier molecular flexibility index (Phi) is 14.9. The van der Waals surface area contributed by atoms with Gasteiger partial charge in [0.05, 0.1) is 6.61 Å². The number of hydrogen-bond donors (Lipinski definition) is 0. The molecule has 0 aliphatic rings. The number of hydrogen-bond acceptors (Lipinski definition) is 3. The van der Waals surface area contributed by atoms with E-state index in [1.165, 1.54) is 32.1 Å². The quantitative estimate of drug-likeness (QED) is 0.185. The normalized spacial score (nSPS) is 13.5. The van der Waals surface area contributed by atoms with Crippen LogP contribution in [0, 0.1) is 11.8 Å². The summed E-state index contributed by atoms with van der Waals surface area (Å²) in [6, 6.07) is 0. The summed E-state index contributed by atoms with van der Waals surface area (Å²) in [5.74, 6) is 0.698. The Labute approximate surface area is 150 Å². The summed E-state index contributed by atoms with van der Waals surface area (Å²) in [6.45, 7) is 12.7. The molecule has 2 unspecified atom stereocenters. The van der Waals surface area contributed by atoms with Crippen LogP contribution in [0.3, 0.4) is 0 Å². The van der Waals surface area contributed by atoms with Crippen molar-refractivity contribution in [3.8, 4) is 0 Å². The molecule has 0 fully saturated rings. The van der Waals surface area contributed by atoms with Gasteiger partial charge in [0.25, 0.3) is 0 Å². The van der Waals surface area contributed by atoms with Gasteiger partial charge in [-0.05, 0) is 37.5 Å². The summed E-state index contributed by atoms with van der Waals surface area (Å²) >= 11 is 0. The molecule has 0 aromatic heterocycles. The zero-order valence-corrected chi connectivity index (χ0v) is 16.5. The number of carbonyl (C=O) groups excluding carboxylic acids is 1. The number of ether oxygens (including phenoxy) is 2. The second-order valence-electron chi connectivity index (χ2n) is 7.24. The maximum absolute atomic E-state index is 11.8. The van der Waals surface area contributed by atoms with E-state index in [-0.39, 0.29) is 6.10 Å². The lowest BCUT2D eigenvalue weighted by atomic mass is 9.91. The molecule has 0 radical (unpaired) electrons. The number of carbonyl (C=O) groups is 1. The van der Waals surface area contributed by atoms with E-state index >= 15 is 0 Å². The molecule has 0 saturated heterocycles. The van der Waals surface area contributed by atoms with Gasteiger partial charge in [-0.1, -0.05) is 72.3 Å². The Morgan fingerprint density at radius 1 is 1.00 bits per heavy atom. The summed E-state index contributed by atoms with van der Waals surface area (Å²) in [6.07, 6.45) is 13.1. The van der Waals surface area contributed by atoms with Crippen LogP contribution in [0.15, 0.2) is 12.7 Å². The molecule has 0 amide bonds. The number of unbranched alkanes of at least 4 members (excludes halogenated alkanes) is 7. The summed E-state index contributed by atoms with van der Waals surface area (Å²) in [5, 5.41) is 0. The van der Waals surface area contributed by atoms with Crippen molar-refractivity contribution in [2.24, 2.45) is 11.8 Å². The van der Waals surface area contributed by atoms with Crippen molar-refractivity contribution in [1.29, 1.82) is 0 Å². The summed E-state index contributed by atoms with van der Waals surface area (Å²) in [4.78, 5) is 11.8. The van der Waals surface area contributed by atoms with Crippen molar-refractivity contribution in [2.75, 3.05) is 6.61 Å². The lowest BCUT2D eigenvalue weighted by molar-refractivity contribution is -0.0158. The second kappa shape index (κ2) is 15.5. The van der Waals surface area contributed by atoms with Crippen LogP contribution in [0.5, 0.6) is 0 Å². The molecule has 0 N–H and O–H groups in total. The van der Waals surface area contributed by atoms with Crippen LogP contribution in [0.2, 0.25) is 0 Å². The van der Waals surface area contributed by atoms with Crippen molar-refractivity contribution in [1.82, 2.24) is 0 Å². The third kappa shape index (κ3) is 12.4. The molecule has 24 heavy (non-hydrogen) atoms. The van der Waals surface area contributed by atoms with E-state index < -0.39 is 6.16 Å². The maximum Gasteiger partial charge on any atom is 0.508 e. The standard InChI is InChI=1S/C21H40O3/c1-6-8-9-10-11-12-13-14-15-17-23-21(22)24-20(18(3)4)19(5)16-7-2/h6,18-20H,1,7-17H2,2-5H3. The Hall–Kier alpha value is -0.990. The van der Waals surface area contributed by atoms with E-state index in [0.29, 0.717) is 18.4 Å². The van der Waals surface area contributed by atoms with E-state index in [1.54, 1.807) is 0 Å². The molecule has 0 aromatic carbocycles. The number of rotatable bonds is 15. The molecule has 0 saturated carbocycles. The topological polar surface area (TPSA) is 35.5 Å². The predicted molar refractivity (Wildman–Crippen MR) is 102 cm³/mol. The Morgan fingerprint density at radius 3 is 2.12 bits per heavy atom. The molecule has 0 aliphatic heterocycles. The van der Waals surface area contributed by atoms with Gasteiger partial charge >= 0.3 is 6.16 Å². The summed E-state index contributed by atoms with van der Waals surface area (Å²) in [5.41, 5.74) is 0. The van der Waals surface area contributed by atoms with Gasteiger partial charge in [-0.3, -0.25) is 0 Å².